The van der Waals surface area contributed by atoms with E-state index in [1.807, 2.05) is 6.07 Å². The molecule has 0 spiro atoms. The summed E-state index contributed by atoms with van der Waals surface area (Å²) in [5.74, 6) is -0.565. The van der Waals surface area contributed by atoms with Crippen LogP contribution in [0, 0.1) is 10.1 Å². The number of halogens is 1. The molecule has 1 heterocycles. The van der Waals surface area contributed by atoms with Crippen LogP contribution < -0.4 is 21.6 Å². The van der Waals surface area contributed by atoms with Crippen molar-refractivity contribution in [2.75, 3.05) is 16.1 Å². The smallest absolute Gasteiger partial charge is 0.341 e. The van der Waals surface area contributed by atoms with Gasteiger partial charge >= 0.3 is 12.0 Å². The highest BCUT2D eigenvalue weighted by Crippen LogP contribution is 2.31. The van der Waals surface area contributed by atoms with Gasteiger partial charge < -0.3 is 15.8 Å². The molecule has 4 rings (SSSR count). The summed E-state index contributed by atoms with van der Waals surface area (Å²) in [6, 6.07) is 19.4. The predicted octanol–water partition coefficient (Wildman–Crippen LogP) is 5.98. The number of carbonyl (C=O) groups is 2. The van der Waals surface area contributed by atoms with Crippen molar-refractivity contribution in [2.45, 2.75) is 32.9 Å². The van der Waals surface area contributed by atoms with E-state index in [1.54, 1.807) is 45.0 Å². The third-order valence-electron chi connectivity index (χ3n) is 5.96. The number of nitro groups is 1. The molecule has 1 aromatic heterocycles. The number of nitrogens with zero attached hydrogens (tertiary/aromatic N) is 3. The first-order valence-corrected chi connectivity index (χ1v) is 13.1. The molecular formula is C30H28ClN5O6. The first-order valence-electron chi connectivity index (χ1n) is 12.7. The fourth-order valence-corrected chi connectivity index (χ4v) is 4.23. The molecule has 0 aliphatic heterocycles. The summed E-state index contributed by atoms with van der Waals surface area (Å²) in [5.41, 5.74) is 6.29. The van der Waals surface area contributed by atoms with Gasteiger partial charge in [-0.2, -0.15) is 0 Å². The van der Waals surface area contributed by atoms with Gasteiger partial charge in [-0.05, 0) is 68.3 Å². The molecule has 42 heavy (non-hydrogen) atoms. The quantitative estimate of drug-likeness (QED) is 0.116. The minimum absolute atomic E-state index is 0.000857. The number of hydrogen-bond acceptors (Lipinski definition) is 7. The molecule has 3 aromatic carbocycles. The zero-order valence-electron chi connectivity index (χ0n) is 23.0. The van der Waals surface area contributed by atoms with Gasteiger partial charge in [0.25, 0.3) is 11.2 Å². The number of nitro benzene ring substituents is 1. The average Bonchev–Trinajstić information content (AvgIpc) is 2.92. The second-order valence-corrected chi connectivity index (χ2v) is 10.7. The van der Waals surface area contributed by atoms with Crippen molar-refractivity contribution < 1.29 is 19.2 Å². The van der Waals surface area contributed by atoms with Gasteiger partial charge in [0, 0.05) is 23.4 Å². The molecule has 3 N–H and O–H groups in total. The van der Waals surface area contributed by atoms with Crippen LogP contribution in [-0.2, 0) is 11.3 Å². The third-order valence-corrected chi connectivity index (χ3v) is 6.20. The number of ether oxygens (including phenoxy) is 1. The van der Waals surface area contributed by atoms with Gasteiger partial charge in [-0.3, -0.25) is 14.9 Å². The molecular weight excluding hydrogens is 562 g/mol. The Bertz CT molecular complexity index is 1720. The molecule has 0 fully saturated rings. The highest BCUT2D eigenvalue weighted by atomic mass is 35.5. The summed E-state index contributed by atoms with van der Waals surface area (Å²) in [6.45, 7) is 5.23. The lowest BCUT2D eigenvalue weighted by molar-refractivity contribution is -0.384. The molecule has 0 saturated heterocycles. The summed E-state index contributed by atoms with van der Waals surface area (Å²) in [5, 5.41) is 15.7. The maximum atomic E-state index is 13.6. The second-order valence-electron chi connectivity index (χ2n) is 10.3. The summed E-state index contributed by atoms with van der Waals surface area (Å²) >= 11 is 6.07. The van der Waals surface area contributed by atoms with Crippen molar-refractivity contribution in [3.05, 3.63) is 122 Å². The van der Waals surface area contributed by atoms with Crippen LogP contribution in [0.3, 0.4) is 0 Å². The van der Waals surface area contributed by atoms with Crippen molar-refractivity contribution in [3.63, 3.8) is 0 Å². The number of aromatic nitrogens is 1. The number of nitrogens with one attached hydrogen (secondary N) is 1. The standard InChI is InChI=1S/C30H28ClN5O6/c1-30(2,3)42-28(38)21-9-11-25(24(32)15-21)33-29(39)35(18-19-7-5-4-6-8-19)34-14-13-20(16-27(34)37)23-17-22(31)10-12-26(23)36(40)41/h4-17H,18,32H2,1-3H3,(H,33,39). The van der Waals surface area contributed by atoms with E-state index in [0.29, 0.717) is 0 Å². The summed E-state index contributed by atoms with van der Waals surface area (Å²) < 4.78 is 6.46. The van der Waals surface area contributed by atoms with E-state index in [9.17, 15) is 24.5 Å². The van der Waals surface area contributed by atoms with Crippen molar-refractivity contribution in [2.24, 2.45) is 0 Å². The number of esters is 1. The zero-order chi connectivity index (χ0) is 30.6. The number of nitrogens with two attached hydrogens (primary N) is 1. The van der Waals surface area contributed by atoms with E-state index < -0.39 is 28.1 Å². The van der Waals surface area contributed by atoms with Crippen molar-refractivity contribution >= 4 is 40.7 Å². The lowest BCUT2D eigenvalue weighted by Crippen LogP contribution is -2.47. The largest absolute Gasteiger partial charge is 0.456 e. The van der Waals surface area contributed by atoms with E-state index in [2.05, 4.69) is 5.32 Å². The lowest BCUT2D eigenvalue weighted by atomic mass is 10.1. The van der Waals surface area contributed by atoms with Gasteiger partial charge in [0.1, 0.15) is 5.60 Å². The molecule has 0 atom stereocenters. The van der Waals surface area contributed by atoms with Crippen molar-refractivity contribution in [1.82, 2.24) is 4.68 Å². The summed E-state index contributed by atoms with van der Waals surface area (Å²) in [4.78, 5) is 50.3. The van der Waals surface area contributed by atoms with Crippen molar-refractivity contribution in [3.8, 4) is 11.1 Å². The van der Waals surface area contributed by atoms with Crippen LogP contribution in [0.5, 0.6) is 0 Å². The molecule has 216 valence electrons. The molecule has 11 nitrogen and oxygen atoms in total. The van der Waals surface area contributed by atoms with E-state index in [-0.39, 0.29) is 45.3 Å². The molecule has 12 heteroatoms. The van der Waals surface area contributed by atoms with Gasteiger partial charge in [0.05, 0.1) is 34.0 Å². The number of rotatable bonds is 7. The molecule has 0 bridgehead atoms. The van der Waals surface area contributed by atoms with Crippen molar-refractivity contribution in [1.29, 1.82) is 0 Å². The van der Waals surface area contributed by atoms with Gasteiger partial charge in [-0.1, -0.05) is 41.9 Å². The first-order chi connectivity index (χ1) is 19.8. The minimum atomic E-state index is -0.697. The Hall–Kier alpha value is -5.16. The Morgan fingerprint density at radius 3 is 2.38 bits per heavy atom. The number of amides is 2. The Morgan fingerprint density at radius 1 is 1.05 bits per heavy atom. The van der Waals surface area contributed by atoms with Gasteiger partial charge in [0.15, 0.2) is 0 Å². The van der Waals surface area contributed by atoms with Crippen LogP contribution in [0.1, 0.15) is 36.7 Å². The van der Waals surface area contributed by atoms with Gasteiger partial charge in [-0.25, -0.2) is 19.3 Å². The van der Waals surface area contributed by atoms with Crippen LogP contribution in [0.4, 0.5) is 21.9 Å². The second kappa shape index (κ2) is 12.1. The summed E-state index contributed by atoms with van der Waals surface area (Å²) in [7, 11) is 0. The molecule has 0 radical (unpaired) electrons. The molecule has 0 aliphatic rings. The number of hydrogen-bond donors (Lipinski definition) is 2. The van der Waals surface area contributed by atoms with Gasteiger partial charge in [-0.15, -0.1) is 0 Å². The van der Waals surface area contributed by atoms with Crippen LogP contribution in [0.15, 0.2) is 89.9 Å². The SMILES string of the molecule is CC(C)(C)OC(=O)c1ccc(NC(=O)N(Cc2ccccc2)n2ccc(-c3cc(Cl)ccc3[N+](=O)[O-])cc2=O)c(N)c1. The fourth-order valence-electron chi connectivity index (χ4n) is 4.06. The Morgan fingerprint density at radius 2 is 1.76 bits per heavy atom. The van der Waals surface area contributed by atoms with E-state index in [4.69, 9.17) is 22.1 Å². The van der Waals surface area contributed by atoms with Gasteiger partial charge in [0.2, 0.25) is 0 Å². The topological polar surface area (TPSA) is 150 Å². The predicted molar refractivity (Wildman–Crippen MR) is 161 cm³/mol. The number of anilines is 2. The maximum absolute atomic E-state index is 13.6. The molecule has 2 amide bonds. The fraction of sp³-hybridized carbons (Fsp3) is 0.167. The first kappa shape index (κ1) is 29.8. The number of pyridine rings is 1. The number of nitrogen functional groups attached to an aromatic ring is 1. The maximum Gasteiger partial charge on any atom is 0.341 e. The average molecular weight is 590 g/mol. The van der Waals surface area contributed by atoms with Crippen LogP contribution >= 0.6 is 11.6 Å². The molecule has 4 aromatic rings. The number of carbonyl (C=O) groups excluding carboxylic acids is 2. The highest BCUT2D eigenvalue weighted by Gasteiger charge is 2.22. The monoisotopic (exact) mass is 589 g/mol. The van der Waals surface area contributed by atoms with E-state index in [1.165, 1.54) is 54.7 Å². The zero-order valence-corrected chi connectivity index (χ0v) is 23.8. The summed E-state index contributed by atoms with van der Waals surface area (Å²) in [6.07, 6.45) is 1.35. The number of benzene rings is 3. The Kier molecular flexibility index (Phi) is 8.62. The molecule has 0 saturated carbocycles. The normalized spacial score (nSPS) is 11.0. The van der Waals surface area contributed by atoms with E-state index in [0.717, 1.165) is 15.2 Å². The van der Waals surface area contributed by atoms with Crippen LogP contribution in [0.2, 0.25) is 5.02 Å². The van der Waals surface area contributed by atoms with Crippen LogP contribution in [-0.4, -0.2) is 27.2 Å². The lowest BCUT2D eigenvalue weighted by Gasteiger charge is -2.25. The Balaban J connectivity index is 1.68. The third kappa shape index (κ3) is 7.12. The molecule has 0 aliphatic carbocycles. The molecule has 0 unspecified atom stereocenters. The van der Waals surface area contributed by atoms with Crippen LogP contribution in [0.25, 0.3) is 11.1 Å². The number of urea groups is 1. The Labute approximate surface area is 246 Å². The van der Waals surface area contributed by atoms with E-state index >= 15 is 0 Å². The minimum Gasteiger partial charge on any atom is -0.456 e. The highest BCUT2D eigenvalue weighted by molar-refractivity contribution is 6.31.